The van der Waals surface area contributed by atoms with Crippen LogP contribution in [0, 0.1) is 40.9 Å². The van der Waals surface area contributed by atoms with E-state index in [2.05, 4.69) is 148 Å². The topological polar surface area (TPSA) is 86.2 Å². The molecule has 5 nitrogen and oxygen atoms in total. The van der Waals surface area contributed by atoms with Crippen LogP contribution in [-0.2, 0) is 45.8 Å². The second kappa shape index (κ2) is 21.5. The number of benzene rings is 7. The summed E-state index contributed by atoms with van der Waals surface area (Å²) in [6.07, 6.45) is 8.90. The molecule has 10 aromatic rings. The Labute approximate surface area is 417 Å². The summed E-state index contributed by atoms with van der Waals surface area (Å²) in [6.45, 7) is 0. The minimum Gasteiger partial charge on any atom is -0.305 e. The van der Waals surface area contributed by atoms with Crippen molar-refractivity contribution in [3.8, 4) is 90.4 Å². The van der Waals surface area contributed by atoms with Gasteiger partial charge < -0.3 is 15.0 Å². The van der Waals surface area contributed by atoms with E-state index in [-0.39, 0.29) is 20.1 Å². The Morgan fingerprint density at radius 1 is 0.362 bits per heavy atom. The van der Waals surface area contributed by atoms with Crippen molar-refractivity contribution in [3.63, 3.8) is 0 Å². The van der Waals surface area contributed by atoms with Crippen molar-refractivity contribution < 1.29 is 20.1 Å². The summed E-state index contributed by atoms with van der Waals surface area (Å²) in [7, 11) is 0. The van der Waals surface area contributed by atoms with Crippen molar-refractivity contribution in [2.24, 2.45) is 0 Å². The van der Waals surface area contributed by atoms with Gasteiger partial charge in [-0.2, -0.15) is 10.5 Å². The number of nitrogens with zero attached hydrogens (tertiary/aromatic N) is 5. The Morgan fingerprint density at radius 2 is 0.870 bits per heavy atom. The molecule has 6 heteroatoms. The molecule has 10 rings (SSSR count). The molecule has 7 aromatic carbocycles. The summed E-state index contributed by atoms with van der Waals surface area (Å²) < 4.78 is 0. The molecule has 0 fully saturated rings. The zero-order chi connectivity index (χ0) is 46.1. The fourth-order valence-electron chi connectivity index (χ4n) is 8.74. The van der Waals surface area contributed by atoms with Crippen LogP contribution in [0.1, 0.15) is 33.4 Å². The van der Waals surface area contributed by atoms with Crippen LogP contribution in [0.2, 0.25) is 0 Å². The van der Waals surface area contributed by atoms with Crippen LogP contribution in [0.4, 0.5) is 0 Å². The quantitative estimate of drug-likeness (QED) is 0.107. The number of aryl methyl sites for hydroxylation is 4. The zero-order valence-corrected chi connectivity index (χ0v) is 39.9. The average molecular weight is 1060 g/mol. The Morgan fingerprint density at radius 3 is 1.38 bits per heavy atom. The van der Waals surface area contributed by atoms with E-state index in [9.17, 15) is 10.5 Å². The summed E-state index contributed by atoms with van der Waals surface area (Å²) in [5.41, 5.74) is 19.6. The van der Waals surface area contributed by atoms with Crippen molar-refractivity contribution in [2.45, 2.75) is 25.7 Å². The summed E-state index contributed by atoms with van der Waals surface area (Å²) in [4.78, 5) is 13.7. The number of hydrogen-bond donors (Lipinski definition) is 0. The average Bonchev–Trinajstić information content (AvgIpc) is 3.42. The van der Waals surface area contributed by atoms with E-state index >= 15 is 0 Å². The summed E-state index contributed by atoms with van der Waals surface area (Å²) >= 11 is 0. The second-order valence-electron chi connectivity index (χ2n) is 16.7. The normalized spacial score (nSPS) is 10.7. The molecular formula is C63H42IrN5. The van der Waals surface area contributed by atoms with Gasteiger partial charge in [0.15, 0.2) is 0 Å². The number of hydrogen-bond acceptors (Lipinski definition) is 5. The molecule has 0 aliphatic carbocycles. The first-order valence-electron chi connectivity index (χ1n) is 22.7. The zero-order valence-electron chi connectivity index (χ0n) is 37.5. The number of pyridine rings is 3. The fourth-order valence-corrected chi connectivity index (χ4v) is 8.74. The van der Waals surface area contributed by atoms with E-state index in [1.165, 1.54) is 22.3 Å². The smallest absolute Gasteiger partial charge is 0.305 e. The van der Waals surface area contributed by atoms with Crippen LogP contribution in [-0.4, -0.2) is 15.0 Å². The van der Waals surface area contributed by atoms with Gasteiger partial charge in [-0.15, -0.1) is 94.5 Å². The molecule has 0 bridgehead atoms. The Balaban J connectivity index is 0.00000593. The molecule has 0 N–H and O–H groups in total. The van der Waals surface area contributed by atoms with E-state index in [4.69, 9.17) is 0 Å². The molecule has 0 saturated carbocycles. The molecule has 3 aromatic heterocycles. The fraction of sp³-hybridized carbons (Fsp3) is 0.0635. The van der Waals surface area contributed by atoms with Gasteiger partial charge in [-0.25, -0.2) is 0 Å². The van der Waals surface area contributed by atoms with Gasteiger partial charge in [-0.3, -0.25) is 0 Å². The first-order chi connectivity index (χ1) is 33.6. The maximum Gasteiger partial charge on any atom is 3.00 e. The molecule has 0 spiro atoms. The van der Waals surface area contributed by atoms with Gasteiger partial charge in [0.2, 0.25) is 0 Å². The molecule has 3 heterocycles. The number of rotatable bonds is 13. The van der Waals surface area contributed by atoms with Crippen LogP contribution < -0.4 is 0 Å². The molecule has 0 saturated heterocycles. The summed E-state index contributed by atoms with van der Waals surface area (Å²) in [5.74, 6) is 0. The first-order valence-corrected chi connectivity index (χ1v) is 22.7. The van der Waals surface area contributed by atoms with Crippen LogP contribution in [0.25, 0.3) is 78.3 Å². The standard InChI is InChI=1S/C63H42N5.Ir/c64-42-48-22-27-54(43-65)59(40-48)49-28-30-50(31-29-49)60-41-53(63-13-5-8-36-68-63)32-33-58(60)57-10-2-1-9-56(57)55-38-46(16-14-44-18-23-51(24-19-44)61-11-3-6-34-66-61)37-47(39-55)17-15-45-20-25-52(26-21-45)62-12-4-7-35-67-62;/h1-13,18-23,25,27-31,33-41H,14-17H2;/q-3;+3. The molecular weight excluding hydrogens is 1020 g/mol. The van der Waals surface area contributed by atoms with Gasteiger partial charge in [-0.05, 0) is 99.7 Å². The third-order valence-electron chi connectivity index (χ3n) is 12.3. The molecule has 0 aliphatic rings. The Bertz CT molecular complexity index is 3330. The number of nitriles is 2. The predicted molar refractivity (Wildman–Crippen MR) is 272 cm³/mol. The summed E-state index contributed by atoms with van der Waals surface area (Å²) in [6, 6.07) is 79.1. The van der Waals surface area contributed by atoms with Gasteiger partial charge in [0.05, 0.1) is 23.3 Å². The van der Waals surface area contributed by atoms with Gasteiger partial charge in [0.25, 0.3) is 0 Å². The Kier molecular flexibility index (Phi) is 14.3. The van der Waals surface area contributed by atoms with Gasteiger partial charge >= 0.3 is 20.1 Å². The van der Waals surface area contributed by atoms with Crippen LogP contribution in [0.3, 0.4) is 0 Å². The summed E-state index contributed by atoms with van der Waals surface area (Å²) in [5, 5.41) is 19.6. The maximum atomic E-state index is 9.94. The van der Waals surface area contributed by atoms with Crippen molar-refractivity contribution in [1.82, 2.24) is 15.0 Å². The monoisotopic (exact) mass is 1060 g/mol. The molecule has 0 amide bonds. The minimum absolute atomic E-state index is 0. The molecule has 0 aliphatic heterocycles. The van der Waals surface area contributed by atoms with Crippen molar-refractivity contribution in [2.75, 3.05) is 0 Å². The molecule has 69 heavy (non-hydrogen) atoms. The number of aromatic nitrogens is 3. The van der Waals surface area contributed by atoms with Crippen molar-refractivity contribution in [3.05, 3.63) is 258 Å². The molecule has 0 radical (unpaired) electrons. The van der Waals surface area contributed by atoms with E-state index in [1.54, 1.807) is 24.4 Å². The Hall–Kier alpha value is -8.38. The van der Waals surface area contributed by atoms with Crippen molar-refractivity contribution in [1.29, 1.82) is 10.5 Å². The largest absolute Gasteiger partial charge is 3.00 e. The second-order valence-corrected chi connectivity index (χ2v) is 16.7. The van der Waals surface area contributed by atoms with E-state index < -0.39 is 0 Å². The first kappa shape index (κ1) is 45.8. The van der Waals surface area contributed by atoms with Crippen molar-refractivity contribution >= 4 is 0 Å². The van der Waals surface area contributed by atoms with E-state index in [0.717, 1.165) is 104 Å². The molecule has 0 unspecified atom stereocenters. The van der Waals surface area contributed by atoms with Gasteiger partial charge in [-0.1, -0.05) is 133 Å². The van der Waals surface area contributed by atoms with E-state index in [0.29, 0.717) is 11.1 Å². The molecule has 0 atom stereocenters. The third-order valence-corrected chi connectivity index (χ3v) is 12.3. The van der Waals surface area contributed by atoms with E-state index in [1.807, 2.05) is 79.1 Å². The van der Waals surface area contributed by atoms with Crippen LogP contribution in [0.5, 0.6) is 0 Å². The van der Waals surface area contributed by atoms with Gasteiger partial charge in [0, 0.05) is 24.2 Å². The SMILES string of the molecule is N#Cc1ccc(C#N)c(-c2ccc(-c3cc(-c4ccccn4)[c-]cc3-c3ccccc3-c3cc(CCc4c[c-]c(-c5ccccn5)cc4)cc(CCc4c[c-]c(-c5ccccn5)cc4)c3)cc2)c1.[Ir+3]. The van der Waals surface area contributed by atoms with Crippen LogP contribution in [0.15, 0.2) is 207 Å². The maximum absolute atomic E-state index is 9.94. The predicted octanol–water partition coefficient (Wildman–Crippen LogP) is 14.3. The van der Waals surface area contributed by atoms with Crippen LogP contribution >= 0.6 is 0 Å². The third kappa shape index (κ3) is 10.6. The molecule has 328 valence electrons. The minimum atomic E-state index is 0. The van der Waals surface area contributed by atoms with Gasteiger partial charge in [0.1, 0.15) is 0 Å².